The highest BCUT2D eigenvalue weighted by atomic mass is 32.1. The van der Waals surface area contributed by atoms with Gasteiger partial charge in [-0.1, -0.05) is 12.2 Å². The summed E-state index contributed by atoms with van der Waals surface area (Å²) in [5.41, 5.74) is 10.6. The maximum Gasteiger partial charge on any atom is 0.333 e. The van der Waals surface area contributed by atoms with Crippen molar-refractivity contribution in [2.45, 2.75) is 0 Å². The zero-order chi connectivity index (χ0) is 11.1. The maximum atomic E-state index is 11.0. The minimum Gasteiger partial charge on any atom is -0.375 e. The summed E-state index contributed by atoms with van der Waals surface area (Å²) in [7, 11) is 0. The molecule has 0 saturated heterocycles. The molecule has 0 aromatic heterocycles. The number of primary amides is 1. The summed E-state index contributed by atoms with van der Waals surface area (Å²) in [5.74, 6) is 0. The first-order chi connectivity index (χ1) is 6.54. The van der Waals surface area contributed by atoms with Crippen molar-refractivity contribution in [2.24, 2.45) is 11.5 Å². The maximum absolute atomic E-state index is 11.0. The fourth-order valence-electron chi connectivity index (χ4n) is 0.860. The van der Waals surface area contributed by atoms with Gasteiger partial charge in [0.15, 0.2) is 5.11 Å². The summed E-state index contributed by atoms with van der Waals surface area (Å²) < 4.78 is 0. The molecule has 0 unspecified atom stereocenters. The number of amides is 2. The Kier molecular flexibility index (Phi) is 5.31. The van der Waals surface area contributed by atoms with E-state index in [-0.39, 0.29) is 11.7 Å². The van der Waals surface area contributed by atoms with Crippen molar-refractivity contribution in [3.05, 3.63) is 25.3 Å². The number of carbonyl (C=O) groups excluding carboxylic acids is 1. The molecule has 0 aliphatic carbocycles. The average molecular weight is 214 g/mol. The van der Waals surface area contributed by atoms with E-state index < -0.39 is 6.03 Å². The lowest BCUT2D eigenvalue weighted by Crippen LogP contribution is -2.53. The summed E-state index contributed by atoms with van der Waals surface area (Å²) in [6.45, 7) is 7.60. The van der Waals surface area contributed by atoms with Gasteiger partial charge in [0.05, 0.1) is 13.1 Å². The van der Waals surface area contributed by atoms with Crippen LogP contribution in [0.1, 0.15) is 0 Å². The third-order valence-electron chi connectivity index (χ3n) is 1.40. The average Bonchev–Trinajstić information content (AvgIpc) is 2.10. The highest BCUT2D eigenvalue weighted by Gasteiger charge is 2.17. The molecule has 4 N–H and O–H groups in total. The monoisotopic (exact) mass is 214 g/mol. The van der Waals surface area contributed by atoms with Crippen molar-refractivity contribution in [2.75, 3.05) is 13.1 Å². The third kappa shape index (κ3) is 3.44. The second kappa shape index (κ2) is 5.98. The Balaban J connectivity index is 4.70. The van der Waals surface area contributed by atoms with E-state index in [9.17, 15) is 4.79 Å². The molecule has 0 rings (SSSR count). The topological polar surface area (TPSA) is 75.6 Å². The van der Waals surface area contributed by atoms with Gasteiger partial charge in [0.25, 0.3) is 0 Å². The Labute approximate surface area is 88.6 Å². The van der Waals surface area contributed by atoms with Crippen molar-refractivity contribution < 1.29 is 4.79 Å². The minimum atomic E-state index is -0.639. The van der Waals surface area contributed by atoms with E-state index in [1.165, 1.54) is 16.1 Å². The van der Waals surface area contributed by atoms with E-state index >= 15 is 0 Å². The largest absolute Gasteiger partial charge is 0.375 e. The standard InChI is InChI=1S/C8H14N4OS/c1-3-5-11(7(9)13)12(6-4-2)8(10)14/h3-4H,1-2,5-6H2,(H2,9,13)(H2,10,14). The minimum absolute atomic E-state index is 0.0607. The quantitative estimate of drug-likeness (QED) is 0.398. The van der Waals surface area contributed by atoms with E-state index in [2.05, 4.69) is 13.2 Å². The molecular formula is C8H14N4OS. The molecule has 0 aliphatic heterocycles. The zero-order valence-corrected chi connectivity index (χ0v) is 8.67. The first-order valence-electron chi connectivity index (χ1n) is 3.90. The lowest BCUT2D eigenvalue weighted by Gasteiger charge is -2.32. The van der Waals surface area contributed by atoms with Crippen LogP contribution in [0.3, 0.4) is 0 Å². The molecule has 0 aliphatic rings. The van der Waals surface area contributed by atoms with Gasteiger partial charge in [-0.3, -0.25) is 5.01 Å². The number of hydrogen-bond acceptors (Lipinski definition) is 2. The van der Waals surface area contributed by atoms with Gasteiger partial charge in [-0.05, 0) is 12.2 Å². The smallest absolute Gasteiger partial charge is 0.333 e. The van der Waals surface area contributed by atoms with Gasteiger partial charge in [-0.2, -0.15) is 0 Å². The number of thiocarbonyl (C=S) groups is 1. The fourth-order valence-corrected chi connectivity index (χ4v) is 1.03. The van der Waals surface area contributed by atoms with Gasteiger partial charge in [-0.15, -0.1) is 13.2 Å². The predicted molar refractivity (Wildman–Crippen MR) is 60.2 cm³/mol. The second-order valence-corrected chi connectivity index (χ2v) is 2.84. The summed E-state index contributed by atoms with van der Waals surface area (Å²) in [6.07, 6.45) is 3.09. The number of nitrogens with zero attached hydrogens (tertiary/aromatic N) is 2. The molecular weight excluding hydrogens is 200 g/mol. The van der Waals surface area contributed by atoms with Crippen LogP contribution in [0.25, 0.3) is 0 Å². The fraction of sp³-hybridized carbons (Fsp3) is 0.250. The highest BCUT2D eigenvalue weighted by Crippen LogP contribution is 1.98. The molecule has 0 fully saturated rings. The van der Waals surface area contributed by atoms with E-state index in [4.69, 9.17) is 23.7 Å². The Morgan fingerprint density at radius 1 is 1.21 bits per heavy atom. The number of carbonyl (C=O) groups is 1. The van der Waals surface area contributed by atoms with Crippen LogP contribution in [0.4, 0.5) is 4.79 Å². The van der Waals surface area contributed by atoms with Crippen LogP contribution in [0.5, 0.6) is 0 Å². The Bertz CT molecular complexity index is 228. The summed E-state index contributed by atoms with van der Waals surface area (Å²) in [5, 5.41) is 2.61. The van der Waals surface area contributed by atoms with Gasteiger partial charge < -0.3 is 11.5 Å². The summed E-state index contributed by atoms with van der Waals surface area (Å²) >= 11 is 4.76. The van der Waals surface area contributed by atoms with Crippen molar-refractivity contribution in [1.82, 2.24) is 10.0 Å². The first kappa shape index (κ1) is 12.4. The summed E-state index contributed by atoms with van der Waals surface area (Å²) in [6, 6.07) is -0.639. The molecule has 6 heteroatoms. The van der Waals surface area contributed by atoms with Gasteiger partial charge in [-0.25, -0.2) is 9.80 Å². The lowest BCUT2D eigenvalue weighted by molar-refractivity contribution is 0.108. The van der Waals surface area contributed by atoms with Crippen LogP contribution in [0, 0.1) is 0 Å². The number of hydrogen-bond donors (Lipinski definition) is 2. The molecule has 0 spiro atoms. The van der Waals surface area contributed by atoms with Gasteiger partial charge >= 0.3 is 6.03 Å². The SMILES string of the molecule is C=CCN(C(N)=O)N(CC=C)C(N)=S. The van der Waals surface area contributed by atoms with E-state index in [1.807, 2.05) is 0 Å². The van der Waals surface area contributed by atoms with Crippen molar-refractivity contribution >= 4 is 23.4 Å². The van der Waals surface area contributed by atoms with Crippen LogP contribution in [0.15, 0.2) is 25.3 Å². The second-order valence-electron chi connectivity index (χ2n) is 2.42. The first-order valence-corrected chi connectivity index (χ1v) is 4.31. The highest BCUT2D eigenvalue weighted by molar-refractivity contribution is 7.80. The molecule has 0 aromatic carbocycles. The molecule has 0 bridgehead atoms. The normalized spacial score (nSPS) is 8.86. The molecule has 0 saturated carbocycles. The van der Waals surface area contributed by atoms with Crippen molar-refractivity contribution in [3.63, 3.8) is 0 Å². The van der Waals surface area contributed by atoms with E-state index in [0.717, 1.165) is 0 Å². The molecule has 0 radical (unpaired) electrons. The molecule has 2 amide bonds. The van der Waals surface area contributed by atoms with E-state index in [0.29, 0.717) is 6.54 Å². The Morgan fingerprint density at radius 3 is 1.93 bits per heavy atom. The molecule has 5 nitrogen and oxygen atoms in total. The lowest BCUT2D eigenvalue weighted by atomic mass is 10.5. The van der Waals surface area contributed by atoms with Crippen LogP contribution in [-0.2, 0) is 0 Å². The molecule has 14 heavy (non-hydrogen) atoms. The number of rotatable bonds is 4. The van der Waals surface area contributed by atoms with Gasteiger partial charge in [0.1, 0.15) is 0 Å². The zero-order valence-electron chi connectivity index (χ0n) is 7.85. The van der Waals surface area contributed by atoms with Crippen LogP contribution < -0.4 is 11.5 Å². The third-order valence-corrected chi connectivity index (χ3v) is 1.62. The van der Waals surface area contributed by atoms with Crippen molar-refractivity contribution in [1.29, 1.82) is 0 Å². The van der Waals surface area contributed by atoms with E-state index in [1.54, 1.807) is 6.08 Å². The summed E-state index contributed by atoms with van der Waals surface area (Å²) in [4.78, 5) is 11.0. The van der Waals surface area contributed by atoms with Gasteiger partial charge in [0, 0.05) is 0 Å². The number of hydrazine groups is 1. The molecule has 0 atom stereocenters. The Hall–Kier alpha value is -1.56. The predicted octanol–water partition coefficient (Wildman–Crippen LogP) is 0.200. The Morgan fingerprint density at radius 2 is 1.64 bits per heavy atom. The number of urea groups is 1. The molecule has 78 valence electrons. The molecule has 0 heterocycles. The van der Waals surface area contributed by atoms with Gasteiger partial charge in [0.2, 0.25) is 0 Å². The van der Waals surface area contributed by atoms with Crippen LogP contribution in [-0.4, -0.2) is 34.3 Å². The van der Waals surface area contributed by atoms with Crippen molar-refractivity contribution in [3.8, 4) is 0 Å². The van der Waals surface area contributed by atoms with Crippen LogP contribution >= 0.6 is 12.2 Å². The van der Waals surface area contributed by atoms with Crippen LogP contribution in [0.2, 0.25) is 0 Å². The number of nitrogens with two attached hydrogens (primary N) is 2. The molecule has 0 aromatic rings.